The molecule has 0 unspecified atom stereocenters. The van der Waals surface area contributed by atoms with Gasteiger partial charge in [-0.2, -0.15) is 0 Å². The maximum Gasteiger partial charge on any atom is 0.548 e. The maximum atomic E-state index is 12.2. The van der Waals surface area contributed by atoms with Gasteiger partial charge in [-0.15, -0.1) is 0 Å². The van der Waals surface area contributed by atoms with Crippen molar-refractivity contribution in [3.8, 4) is 0 Å². The van der Waals surface area contributed by atoms with Crippen LogP contribution in [0.25, 0.3) is 4.98 Å². The van der Waals surface area contributed by atoms with Crippen LogP contribution in [0.3, 0.4) is 0 Å². The highest BCUT2D eigenvalue weighted by atomic mass is 31.2. The second kappa shape index (κ2) is 8.09. The Hall–Kier alpha value is -1.09. The Labute approximate surface area is 107 Å². The minimum atomic E-state index is -3.86. The number of ether oxygens (including phenoxy) is 1. The molecule has 0 saturated heterocycles. The van der Waals surface area contributed by atoms with E-state index in [1.165, 1.54) is 0 Å². The van der Waals surface area contributed by atoms with Crippen LogP contribution in [0.4, 0.5) is 0 Å². The van der Waals surface area contributed by atoms with Gasteiger partial charge >= 0.3 is 19.0 Å². The first-order valence-electron chi connectivity index (χ1n) is 5.72. The third-order valence-corrected chi connectivity index (χ3v) is 3.69. The van der Waals surface area contributed by atoms with Gasteiger partial charge in [0.1, 0.15) is 0 Å². The monoisotopic (exact) mass is 279 g/mol. The minimum Gasteiger partial charge on any atom is -0.475 e. The zero-order valence-corrected chi connectivity index (χ0v) is 12.0. The maximum absolute atomic E-state index is 12.2. The van der Waals surface area contributed by atoms with Gasteiger partial charge in [0.25, 0.3) is 0 Å². The zero-order valence-electron chi connectivity index (χ0n) is 11.1. The van der Waals surface area contributed by atoms with Crippen molar-refractivity contribution in [3.05, 3.63) is 16.4 Å². The first kappa shape index (κ1) is 16.9. The molecule has 18 heavy (non-hydrogen) atoms. The SMILES string of the molecule is CCOP(=O)(OCC)/C([N+]#N)=C(\O)OCC(C)C. The molecule has 0 spiro atoms. The van der Waals surface area contributed by atoms with Crippen molar-refractivity contribution in [2.75, 3.05) is 19.8 Å². The summed E-state index contributed by atoms with van der Waals surface area (Å²) in [6.45, 7) is 7.28. The van der Waals surface area contributed by atoms with Crippen molar-refractivity contribution in [2.45, 2.75) is 27.7 Å². The average molecular weight is 279 g/mol. The van der Waals surface area contributed by atoms with Crippen molar-refractivity contribution in [1.29, 1.82) is 5.39 Å². The van der Waals surface area contributed by atoms with E-state index in [0.717, 1.165) is 0 Å². The normalized spacial score (nSPS) is 13.1. The molecule has 104 valence electrons. The third-order valence-electron chi connectivity index (χ3n) is 1.70. The van der Waals surface area contributed by atoms with Gasteiger partial charge in [-0.25, -0.2) is 4.57 Å². The van der Waals surface area contributed by atoms with Crippen molar-refractivity contribution in [2.24, 2.45) is 5.92 Å². The van der Waals surface area contributed by atoms with Crippen LogP contribution in [-0.4, -0.2) is 24.9 Å². The largest absolute Gasteiger partial charge is 0.548 e. The topological polar surface area (TPSA) is 93.1 Å². The third kappa shape index (κ3) is 5.05. The van der Waals surface area contributed by atoms with E-state index in [0.29, 0.717) is 0 Å². The Balaban J connectivity index is 5.17. The number of aliphatic hydroxyl groups excluding tert-OH is 1. The molecule has 0 bridgehead atoms. The van der Waals surface area contributed by atoms with Crippen LogP contribution in [0.1, 0.15) is 27.7 Å². The fourth-order valence-corrected chi connectivity index (χ4v) is 2.43. The summed E-state index contributed by atoms with van der Waals surface area (Å²) in [4.78, 5) is 2.77. The van der Waals surface area contributed by atoms with E-state index in [1.54, 1.807) is 13.8 Å². The summed E-state index contributed by atoms with van der Waals surface area (Å²) in [5.41, 5.74) is -0.619. The number of rotatable bonds is 8. The summed E-state index contributed by atoms with van der Waals surface area (Å²) >= 11 is 0. The molecule has 0 aliphatic heterocycles. The molecule has 0 aliphatic rings. The number of hydrogen-bond donors (Lipinski definition) is 1. The van der Waals surface area contributed by atoms with Crippen molar-refractivity contribution in [1.82, 2.24) is 0 Å². The van der Waals surface area contributed by atoms with Crippen LogP contribution in [0.15, 0.2) is 11.4 Å². The molecule has 0 atom stereocenters. The highest BCUT2D eigenvalue weighted by molar-refractivity contribution is 7.58. The molecule has 0 fully saturated rings. The van der Waals surface area contributed by atoms with Crippen molar-refractivity contribution in [3.63, 3.8) is 0 Å². The van der Waals surface area contributed by atoms with E-state index in [9.17, 15) is 9.67 Å². The lowest BCUT2D eigenvalue weighted by atomic mass is 10.2. The molecule has 8 heteroatoms. The van der Waals surface area contributed by atoms with E-state index in [4.69, 9.17) is 19.2 Å². The molecule has 0 amide bonds. The smallest absolute Gasteiger partial charge is 0.475 e. The summed E-state index contributed by atoms with van der Waals surface area (Å²) < 4.78 is 27.0. The molecule has 0 radical (unpaired) electrons. The second-order valence-electron chi connectivity index (χ2n) is 3.77. The van der Waals surface area contributed by atoms with Gasteiger partial charge in [0.2, 0.25) is 5.39 Å². The van der Waals surface area contributed by atoms with Crippen LogP contribution in [0, 0.1) is 11.3 Å². The van der Waals surface area contributed by atoms with Gasteiger partial charge in [0, 0.05) is 0 Å². The molecule has 0 rings (SSSR count). The average Bonchev–Trinajstić information content (AvgIpc) is 2.27. The number of nitrogens with zero attached hydrogens (tertiary/aromatic N) is 2. The van der Waals surface area contributed by atoms with Gasteiger partial charge < -0.3 is 18.9 Å². The predicted octanol–water partition coefficient (Wildman–Crippen LogP) is 3.46. The fourth-order valence-electron chi connectivity index (χ4n) is 1.02. The Kier molecular flexibility index (Phi) is 7.60. The van der Waals surface area contributed by atoms with E-state index >= 15 is 0 Å². The van der Waals surface area contributed by atoms with E-state index < -0.39 is 19.0 Å². The molecule has 1 N–H and O–H groups in total. The lowest BCUT2D eigenvalue weighted by Crippen LogP contribution is -2.05. The Morgan fingerprint density at radius 2 is 1.83 bits per heavy atom. The Morgan fingerprint density at radius 3 is 2.17 bits per heavy atom. The summed E-state index contributed by atoms with van der Waals surface area (Å²) in [6.07, 6.45) is 0. The minimum absolute atomic E-state index is 0.0771. The van der Waals surface area contributed by atoms with Gasteiger partial charge in [0.15, 0.2) is 4.98 Å². The van der Waals surface area contributed by atoms with Crippen LogP contribution in [-0.2, 0) is 18.3 Å². The quantitative estimate of drug-likeness (QED) is 0.415. The molecule has 0 aromatic carbocycles. The Bertz CT molecular complexity index is 365. The standard InChI is InChI=1S/C10H19N2O5P/c1-5-16-18(14,17-6-2)9(12-11)10(13)15-7-8(3)4/h8H,5-7H2,1-4H3/p+1. The highest BCUT2D eigenvalue weighted by Crippen LogP contribution is 2.57. The Morgan fingerprint density at radius 1 is 1.33 bits per heavy atom. The van der Waals surface area contributed by atoms with Gasteiger partial charge in [-0.05, 0) is 19.8 Å². The highest BCUT2D eigenvalue weighted by Gasteiger charge is 2.47. The summed E-state index contributed by atoms with van der Waals surface area (Å²) in [6, 6.07) is 0. The molecule has 0 aromatic heterocycles. The molecule has 0 saturated carbocycles. The van der Waals surface area contributed by atoms with Crippen LogP contribution in [0.5, 0.6) is 0 Å². The molecule has 0 aliphatic carbocycles. The van der Waals surface area contributed by atoms with E-state index in [1.807, 2.05) is 13.8 Å². The molecular weight excluding hydrogens is 259 g/mol. The lowest BCUT2D eigenvalue weighted by molar-refractivity contribution is 0.0738. The predicted molar refractivity (Wildman–Crippen MR) is 66.4 cm³/mol. The van der Waals surface area contributed by atoms with Gasteiger partial charge in [-0.3, -0.25) is 0 Å². The second-order valence-corrected chi connectivity index (χ2v) is 5.70. The number of hydrogen-bond acceptors (Lipinski definition) is 6. The van der Waals surface area contributed by atoms with E-state index in [2.05, 4.69) is 4.98 Å². The summed E-state index contributed by atoms with van der Waals surface area (Å²) in [5, 5.41) is 18.5. The van der Waals surface area contributed by atoms with E-state index in [-0.39, 0.29) is 25.7 Å². The van der Waals surface area contributed by atoms with Crippen molar-refractivity contribution < 1.29 is 23.5 Å². The number of diazo groups is 1. The molecular formula is C10H20N2O5P+. The van der Waals surface area contributed by atoms with Gasteiger partial charge in [-0.1, -0.05) is 13.8 Å². The first-order valence-corrected chi connectivity index (χ1v) is 7.26. The van der Waals surface area contributed by atoms with Gasteiger partial charge in [0.05, 0.1) is 19.8 Å². The number of aliphatic hydroxyl groups is 1. The fraction of sp³-hybridized carbons (Fsp3) is 0.800. The zero-order chi connectivity index (χ0) is 14.2. The lowest BCUT2D eigenvalue weighted by Gasteiger charge is -2.11. The molecule has 7 nitrogen and oxygen atoms in total. The van der Waals surface area contributed by atoms with Crippen molar-refractivity contribution >= 4 is 7.60 Å². The van der Waals surface area contributed by atoms with Crippen LogP contribution >= 0.6 is 7.60 Å². The van der Waals surface area contributed by atoms with Crippen LogP contribution < -0.4 is 0 Å². The van der Waals surface area contributed by atoms with Crippen LogP contribution in [0.2, 0.25) is 0 Å². The molecule has 0 heterocycles. The summed E-state index contributed by atoms with van der Waals surface area (Å²) in [5.74, 6) is -0.609. The first-order chi connectivity index (χ1) is 8.41. The molecule has 0 aromatic rings. The summed E-state index contributed by atoms with van der Waals surface area (Å²) in [7, 11) is -3.86.